The van der Waals surface area contributed by atoms with E-state index in [9.17, 15) is 14.4 Å². The van der Waals surface area contributed by atoms with Gasteiger partial charge in [-0.05, 0) is 32.9 Å². The number of para-hydroxylation sites is 1. The van der Waals surface area contributed by atoms with Gasteiger partial charge in [-0.1, -0.05) is 12.1 Å². The van der Waals surface area contributed by atoms with E-state index >= 15 is 0 Å². The summed E-state index contributed by atoms with van der Waals surface area (Å²) in [5.74, 6) is -1.40. The van der Waals surface area contributed by atoms with Gasteiger partial charge < -0.3 is 14.8 Å². The first-order valence-corrected chi connectivity index (χ1v) is 8.90. The van der Waals surface area contributed by atoms with Crippen LogP contribution in [-0.2, 0) is 25.7 Å². The molecule has 0 aliphatic carbocycles. The molecule has 2 N–H and O–H groups in total. The number of urea groups is 1. The van der Waals surface area contributed by atoms with Crippen molar-refractivity contribution >= 4 is 39.5 Å². The first kappa shape index (κ1) is 19.8. The number of thiazole rings is 1. The Hall–Kier alpha value is -2.52. The second-order valence-electron chi connectivity index (χ2n) is 5.82. The lowest BCUT2D eigenvalue weighted by Crippen LogP contribution is -2.46. The number of imide groups is 1. The van der Waals surface area contributed by atoms with E-state index in [1.807, 2.05) is 24.3 Å². The fraction of sp³-hybridized carbons (Fsp3) is 0.412. The van der Waals surface area contributed by atoms with Gasteiger partial charge in [-0.2, -0.15) is 0 Å². The Kier molecular flexibility index (Phi) is 7.05. The number of nitrogens with one attached hydrogen (secondary N) is 2. The SMILES string of the molecule is CC(C)NC(=O)NC(=O)[C@H](C)OC(=O)COCc1nc2ccccc2s1. The molecule has 0 saturated carbocycles. The lowest BCUT2D eigenvalue weighted by Gasteiger charge is -2.14. The van der Waals surface area contributed by atoms with Gasteiger partial charge in [0.2, 0.25) is 0 Å². The summed E-state index contributed by atoms with van der Waals surface area (Å²) in [5.41, 5.74) is 0.878. The molecule has 2 rings (SSSR count). The molecule has 9 heteroatoms. The molecule has 140 valence electrons. The standard InChI is InChI=1S/C17H21N3O5S/c1-10(2)18-17(23)20-16(22)11(3)25-15(21)9-24-8-14-19-12-6-4-5-7-13(12)26-14/h4-7,10-11H,8-9H2,1-3H3,(H2,18,20,22,23)/t11-/m0/s1. The maximum atomic E-state index is 11.8. The van der Waals surface area contributed by atoms with Crippen molar-refractivity contribution < 1.29 is 23.9 Å². The summed E-state index contributed by atoms with van der Waals surface area (Å²) >= 11 is 1.48. The fourth-order valence-electron chi connectivity index (χ4n) is 2.00. The maximum Gasteiger partial charge on any atom is 0.332 e. The summed E-state index contributed by atoms with van der Waals surface area (Å²) in [7, 11) is 0. The second kappa shape index (κ2) is 9.25. The zero-order valence-corrected chi connectivity index (χ0v) is 15.6. The van der Waals surface area contributed by atoms with E-state index in [2.05, 4.69) is 15.6 Å². The fourth-order valence-corrected chi connectivity index (χ4v) is 2.90. The Balaban J connectivity index is 1.72. The Morgan fingerprint density at radius 1 is 1.19 bits per heavy atom. The maximum absolute atomic E-state index is 11.8. The molecule has 0 bridgehead atoms. The minimum Gasteiger partial charge on any atom is -0.451 e. The Morgan fingerprint density at radius 3 is 2.62 bits per heavy atom. The quantitative estimate of drug-likeness (QED) is 0.713. The Bertz CT molecular complexity index is 757. The smallest absolute Gasteiger partial charge is 0.332 e. The topological polar surface area (TPSA) is 107 Å². The molecule has 0 fully saturated rings. The number of amides is 3. The third-order valence-electron chi connectivity index (χ3n) is 3.12. The third kappa shape index (κ3) is 6.08. The van der Waals surface area contributed by atoms with Crippen LogP contribution in [-0.4, -0.2) is 41.6 Å². The van der Waals surface area contributed by atoms with E-state index in [0.29, 0.717) is 0 Å². The van der Waals surface area contributed by atoms with E-state index < -0.39 is 24.0 Å². The molecule has 1 atom stereocenters. The Labute approximate surface area is 154 Å². The minimum absolute atomic E-state index is 0.114. The number of aromatic nitrogens is 1. The van der Waals surface area contributed by atoms with E-state index in [1.54, 1.807) is 13.8 Å². The van der Waals surface area contributed by atoms with Crippen LogP contribution in [0.3, 0.4) is 0 Å². The number of hydrogen-bond donors (Lipinski definition) is 2. The van der Waals surface area contributed by atoms with Gasteiger partial charge in [0.1, 0.15) is 11.6 Å². The van der Waals surface area contributed by atoms with Crippen LogP contribution >= 0.6 is 11.3 Å². The highest BCUT2D eigenvalue weighted by Crippen LogP contribution is 2.21. The largest absolute Gasteiger partial charge is 0.451 e. The molecule has 2 aromatic rings. The van der Waals surface area contributed by atoms with Crippen molar-refractivity contribution in [2.45, 2.75) is 39.5 Å². The average molecular weight is 379 g/mol. The van der Waals surface area contributed by atoms with Crippen LogP contribution in [0.25, 0.3) is 10.2 Å². The van der Waals surface area contributed by atoms with Crippen LogP contribution in [0.15, 0.2) is 24.3 Å². The molecule has 0 aliphatic rings. The van der Waals surface area contributed by atoms with Crippen LogP contribution in [0.2, 0.25) is 0 Å². The van der Waals surface area contributed by atoms with E-state index in [1.165, 1.54) is 18.3 Å². The van der Waals surface area contributed by atoms with E-state index in [0.717, 1.165) is 15.2 Å². The van der Waals surface area contributed by atoms with Crippen molar-refractivity contribution in [1.29, 1.82) is 0 Å². The van der Waals surface area contributed by atoms with Gasteiger partial charge in [0, 0.05) is 6.04 Å². The summed E-state index contributed by atoms with van der Waals surface area (Å²) in [4.78, 5) is 39.3. The predicted octanol–water partition coefficient (Wildman–Crippen LogP) is 1.98. The summed E-state index contributed by atoms with van der Waals surface area (Å²) in [6.45, 7) is 4.76. The van der Waals surface area contributed by atoms with Gasteiger partial charge in [0.15, 0.2) is 6.10 Å². The summed E-state index contributed by atoms with van der Waals surface area (Å²) in [5, 5.41) is 5.35. The summed E-state index contributed by atoms with van der Waals surface area (Å²) in [6, 6.07) is 6.94. The van der Waals surface area contributed by atoms with Crippen molar-refractivity contribution in [2.24, 2.45) is 0 Å². The number of carbonyl (C=O) groups excluding carboxylic acids is 3. The van der Waals surface area contributed by atoms with Crippen molar-refractivity contribution in [3.63, 3.8) is 0 Å². The number of esters is 1. The van der Waals surface area contributed by atoms with Crippen LogP contribution in [0.4, 0.5) is 4.79 Å². The molecular formula is C17H21N3O5S. The number of nitrogens with zero attached hydrogens (tertiary/aromatic N) is 1. The highest BCUT2D eigenvalue weighted by molar-refractivity contribution is 7.18. The third-order valence-corrected chi connectivity index (χ3v) is 4.13. The predicted molar refractivity (Wildman–Crippen MR) is 96.6 cm³/mol. The first-order chi connectivity index (χ1) is 12.3. The van der Waals surface area contributed by atoms with Gasteiger partial charge in [0.25, 0.3) is 5.91 Å². The molecule has 0 aliphatic heterocycles. The molecular weight excluding hydrogens is 358 g/mol. The molecule has 0 unspecified atom stereocenters. The normalized spacial score (nSPS) is 12.0. The summed E-state index contributed by atoms with van der Waals surface area (Å²) in [6.07, 6.45) is -1.11. The molecule has 3 amide bonds. The van der Waals surface area contributed by atoms with Crippen molar-refractivity contribution in [1.82, 2.24) is 15.6 Å². The lowest BCUT2D eigenvalue weighted by molar-refractivity contribution is -0.159. The lowest BCUT2D eigenvalue weighted by atomic mass is 10.3. The molecule has 1 aromatic heterocycles. The highest BCUT2D eigenvalue weighted by atomic mass is 32.1. The van der Waals surface area contributed by atoms with Crippen LogP contribution in [0.5, 0.6) is 0 Å². The first-order valence-electron chi connectivity index (χ1n) is 8.08. The number of hydrogen-bond acceptors (Lipinski definition) is 7. The molecule has 1 aromatic carbocycles. The van der Waals surface area contributed by atoms with Crippen LogP contribution in [0, 0.1) is 0 Å². The van der Waals surface area contributed by atoms with Gasteiger partial charge in [0.05, 0.1) is 16.8 Å². The molecule has 26 heavy (non-hydrogen) atoms. The van der Waals surface area contributed by atoms with Gasteiger partial charge >= 0.3 is 12.0 Å². The molecule has 1 heterocycles. The zero-order valence-electron chi connectivity index (χ0n) is 14.8. The number of rotatable bonds is 7. The second-order valence-corrected chi connectivity index (χ2v) is 6.93. The van der Waals surface area contributed by atoms with E-state index in [-0.39, 0.29) is 19.3 Å². The van der Waals surface area contributed by atoms with Crippen molar-refractivity contribution in [2.75, 3.05) is 6.61 Å². The van der Waals surface area contributed by atoms with Crippen molar-refractivity contribution in [3.05, 3.63) is 29.3 Å². The Morgan fingerprint density at radius 2 is 1.92 bits per heavy atom. The zero-order chi connectivity index (χ0) is 19.1. The highest BCUT2D eigenvalue weighted by Gasteiger charge is 2.20. The van der Waals surface area contributed by atoms with Crippen molar-refractivity contribution in [3.8, 4) is 0 Å². The minimum atomic E-state index is -1.11. The van der Waals surface area contributed by atoms with Gasteiger partial charge in [-0.15, -0.1) is 11.3 Å². The number of carbonyl (C=O) groups is 3. The number of benzene rings is 1. The van der Waals surface area contributed by atoms with Gasteiger partial charge in [-0.3, -0.25) is 10.1 Å². The number of ether oxygens (including phenoxy) is 2. The summed E-state index contributed by atoms with van der Waals surface area (Å²) < 4.78 is 11.3. The molecule has 0 spiro atoms. The molecule has 0 radical (unpaired) electrons. The molecule has 8 nitrogen and oxygen atoms in total. The molecule has 0 saturated heterocycles. The van der Waals surface area contributed by atoms with Crippen LogP contribution in [0.1, 0.15) is 25.8 Å². The number of fused-ring (bicyclic) bond motifs is 1. The monoisotopic (exact) mass is 379 g/mol. The average Bonchev–Trinajstić information content (AvgIpc) is 2.96. The van der Waals surface area contributed by atoms with E-state index in [4.69, 9.17) is 9.47 Å². The van der Waals surface area contributed by atoms with Crippen LogP contribution < -0.4 is 10.6 Å². The van der Waals surface area contributed by atoms with Gasteiger partial charge in [-0.25, -0.2) is 14.6 Å².